The van der Waals surface area contributed by atoms with Crippen LogP contribution in [0, 0.1) is 0 Å². The first kappa shape index (κ1) is 9.00. The van der Waals surface area contributed by atoms with E-state index in [1.165, 1.54) is 5.37 Å². The summed E-state index contributed by atoms with van der Waals surface area (Å²) in [5.41, 5.74) is 0. The van der Waals surface area contributed by atoms with E-state index in [4.69, 9.17) is 0 Å². The fraction of sp³-hybridized carbons (Fsp3) is 0.750. The van der Waals surface area contributed by atoms with Gasteiger partial charge in [0.25, 0.3) is 10.1 Å². The maximum absolute atomic E-state index is 10.3. The summed E-state index contributed by atoms with van der Waals surface area (Å²) in [7, 11) is -3.33. The van der Waals surface area contributed by atoms with Gasteiger partial charge in [-0.25, -0.2) is 0 Å². The van der Waals surface area contributed by atoms with Crippen molar-refractivity contribution in [1.29, 1.82) is 0 Å². The normalized spacial score (nSPS) is 14.9. The van der Waals surface area contributed by atoms with Crippen LogP contribution < -0.4 is 0 Å². The van der Waals surface area contributed by atoms with E-state index >= 15 is 0 Å². The summed E-state index contributed by atoms with van der Waals surface area (Å²) in [5.74, 6) is 0. The smallest absolute Gasteiger partial charge is 0.262 e. The lowest BCUT2D eigenvalue weighted by Crippen LogP contribution is -2.13. The van der Waals surface area contributed by atoms with Crippen LogP contribution in [0.3, 0.4) is 0 Å². The summed E-state index contributed by atoms with van der Waals surface area (Å²) < 4.78 is 25.0. The van der Waals surface area contributed by atoms with Gasteiger partial charge >= 0.3 is 0 Å². The lowest BCUT2D eigenvalue weighted by molar-refractivity contribution is 0.300. The topological polar surface area (TPSA) is 43.4 Å². The molecule has 0 spiro atoms. The van der Waals surface area contributed by atoms with Crippen molar-refractivity contribution in [3.63, 3.8) is 0 Å². The summed E-state index contributed by atoms with van der Waals surface area (Å²) in [6.45, 7) is 1.56. The summed E-state index contributed by atoms with van der Waals surface area (Å²) in [5, 5.41) is 1.25. The van der Waals surface area contributed by atoms with Crippen molar-refractivity contribution >= 4 is 27.7 Å². The summed E-state index contributed by atoms with van der Waals surface area (Å²) in [4.78, 5) is 0. The third-order valence-electron chi connectivity index (χ3n) is 0.518. The van der Waals surface area contributed by atoms with E-state index in [1.807, 2.05) is 0 Å². The molecule has 0 fully saturated rings. The van der Waals surface area contributed by atoms with E-state index in [0.717, 1.165) is 6.26 Å². The minimum Gasteiger partial charge on any atom is -0.262 e. The van der Waals surface area contributed by atoms with Crippen LogP contribution in [0.25, 0.3) is 0 Å². The molecular formula is C4H8O3S2. The number of rotatable bonds is 3. The molecule has 1 atom stereocenters. The van der Waals surface area contributed by atoms with Gasteiger partial charge in [0, 0.05) is 5.37 Å². The summed E-state index contributed by atoms with van der Waals surface area (Å²) >= 11 is 4.43. The number of thiocarbonyl (C=S) groups is 1. The molecule has 0 aromatic carbocycles. The maximum atomic E-state index is 10.3. The largest absolute Gasteiger partial charge is 0.264 e. The Kier molecular flexibility index (Phi) is 3.24. The molecule has 54 valence electrons. The Morgan fingerprint density at radius 3 is 2.22 bits per heavy atom. The molecule has 0 aromatic heterocycles. The highest BCUT2D eigenvalue weighted by molar-refractivity contribution is 7.86. The van der Waals surface area contributed by atoms with Crippen LogP contribution in [0.1, 0.15) is 6.92 Å². The van der Waals surface area contributed by atoms with Crippen LogP contribution in [0.5, 0.6) is 0 Å². The Morgan fingerprint density at radius 1 is 1.67 bits per heavy atom. The van der Waals surface area contributed by atoms with Gasteiger partial charge in [-0.15, -0.1) is 0 Å². The quantitative estimate of drug-likeness (QED) is 0.450. The Bertz CT molecular complexity index is 182. The monoisotopic (exact) mass is 168 g/mol. The van der Waals surface area contributed by atoms with Crippen molar-refractivity contribution in [3.8, 4) is 0 Å². The van der Waals surface area contributed by atoms with E-state index < -0.39 is 16.2 Å². The molecule has 0 saturated heterocycles. The van der Waals surface area contributed by atoms with E-state index in [1.54, 1.807) is 6.92 Å². The maximum Gasteiger partial charge on any atom is 0.264 e. The average Bonchev–Trinajstić information content (AvgIpc) is 1.62. The Morgan fingerprint density at radius 2 is 2.11 bits per heavy atom. The highest BCUT2D eigenvalue weighted by atomic mass is 32.2. The molecule has 0 aromatic rings. The van der Waals surface area contributed by atoms with Gasteiger partial charge < -0.3 is 0 Å². The average molecular weight is 168 g/mol. The Balaban J connectivity index is 3.89. The predicted molar refractivity (Wildman–Crippen MR) is 39.0 cm³/mol. The molecule has 0 bridgehead atoms. The molecule has 0 aliphatic heterocycles. The molecule has 0 heterocycles. The molecule has 0 rings (SSSR count). The van der Waals surface area contributed by atoms with Gasteiger partial charge in [0.05, 0.1) is 6.26 Å². The zero-order chi connectivity index (χ0) is 7.49. The van der Waals surface area contributed by atoms with E-state index in [0.29, 0.717) is 0 Å². The van der Waals surface area contributed by atoms with Gasteiger partial charge in [-0.05, 0) is 6.92 Å². The van der Waals surface area contributed by atoms with E-state index in [-0.39, 0.29) is 0 Å². The lowest BCUT2D eigenvalue weighted by atomic mass is 10.5. The van der Waals surface area contributed by atoms with Crippen LogP contribution in [-0.2, 0) is 14.3 Å². The Labute approximate surface area is 60.1 Å². The second-order valence-electron chi connectivity index (χ2n) is 1.64. The first-order chi connectivity index (χ1) is 3.95. The fourth-order valence-corrected chi connectivity index (χ4v) is 1.03. The second-order valence-corrected chi connectivity index (χ2v) is 3.51. The first-order valence-corrected chi connectivity index (χ1v) is 4.58. The van der Waals surface area contributed by atoms with Crippen LogP contribution >= 0.6 is 12.2 Å². The fourth-order valence-electron chi connectivity index (χ4n) is 0.298. The van der Waals surface area contributed by atoms with Crippen molar-refractivity contribution in [2.75, 3.05) is 6.26 Å². The third kappa shape index (κ3) is 5.88. The predicted octanol–water partition coefficient (Wildman–Crippen LogP) is 0.351. The zero-order valence-electron chi connectivity index (χ0n) is 5.20. The van der Waals surface area contributed by atoms with E-state index in [2.05, 4.69) is 16.4 Å². The van der Waals surface area contributed by atoms with Gasteiger partial charge in [-0.2, -0.15) is 8.42 Å². The SMILES string of the molecule is CC(C=S)OS(C)(=O)=O. The zero-order valence-corrected chi connectivity index (χ0v) is 6.83. The second kappa shape index (κ2) is 3.24. The standard InChI is InChI=1S/C4H8O3S2/c1-4(3-8)7-9(2,5)6/h3-4H,1-2H3. The molecule has 9 heavy (non-hydrogen) atoms. The van der Waals surface area contributed by atoms with Gasteiger partial charge in [0.1, 0.15) is 6.10 Å². The molecule has 0 amide bonds. The van der Waals surface area contributed by atoms with E-state index in [9.17, 15) is 8.42 Å². The van der Waals surface area contributed by atoms with Crippen LogP contribution in [-0.4, -0.2) is 26.1 Å². The van der Waals surface area contributed by atoms with Crippen molar-refractivity contribution in [2.24, 2.45) is 0 Å². The molecular weight excluding hydrogens is 160 g/mol. The molecule has 3 nitrogen and oxygen atoms in total. The third-order valence-corrected chi connectivity index (χ3v) is 1.55. The highest BCUT2D eigenvalue weighted by Gasteiger charge is 2.05. The van der Waals surface area contributed by atoms with Gasteiger partial charge in [0.15, 0.2) is 0 Å². The minimum absolute atomic E-state index is 0.505. The van der Waals surface area contributed by atoms with Gasteiger partial charge in [-0.1, -0.05) is 12.2 Å². The molecule has 5 heteroatoms. The van der Waals surface area contributed by atoms with Gasteiger partial charge in [-0.3, -0.25) is 4.18 Å². The minimum atomic E-state index is -3.33. The number of hydrogen-bond donors (Lipinski definition) is 0. The first-order valence-electron chi connectivity index (χ1n) is 2.29. The van der Waals surface area contributed by atoms with Crippen LogP contribution in [0.2, 0.25) is 0 Å². The van der Waals surface area contributed by atoms with Crippen molar-refractivity contribution in [1.82, 2.24) is 0 Å². The van der Waals surface area contributed by atoms with Crippen molar-refractivity contribution in [3.05, 3.63) is 0 Å². The summed E-state index contributed by atoms with van der Waals surface area (Å²) in [6, 6.07) is 0. The van der Waals surface area contributed by atoms with Crippen LogP contribution in [0.15, 0.2) is 0 Å². The van der Waals surface area contributed by atoms with Crippen molar-refractivity contribution < 1.29 is 12.6 Å². The molecule has 1 unspecified atom stereocenters. The lowest BCUT2D eigenvalue weighted by Gasteiger charge is -2.01. The molecule has 0 saturated carbocycles. The summed E-state index contributed by atoms with van der Waals surface area (Å²) in [6.07, 6.45) is 0.484. The molecule has 0 aliphatic rings. The van der Waals surface area contributed by atoms with Crippen molar-refractivity contribution in [2.45, 2.75) is 13.0 Å². The Hall–Kier alpha value is -0.0000000000000000555. The molecule has 0 radical (unpaired) electrons. The van der Waals surface area contributed by atoms with Gasteiger partial charge in [0.2, 0.25) is 0 Å². The highest BCUT2D eigenvalue weighted by Crippen LogP contribution is 1.92. The number of hydrogen-bond acceptors (Lipinski definition) is 4. The van der Waals surface area contributed by atoms with Crippen LogP contribution in [0.4, 0.5) is 0 Å². The molecule has 0 aliphatic carbocycles. The molecule has 0 N–H and O–H groups in total.